The van der Waals surface area contributed by atoms with Crippen LogP contribution in [0.1, 0.15) is 47.4 Å². The Hall–Kier alpha value is -2.63. The van der Waals surface area contributed by atoms with Crippen molar-refractivity contribution < 1.29 is 9.32 Å². The van der Waals surface area contributed by atoms with E-state index in [1.54, 1.807) is 13.1 Å². The number of carbonyl (C=O) groups is 1. The maximum absolute atomic E-state index is 13.1. The van der Waals surface area contributed by atoms with Gasteiger partial charge < -0.3 is 14.4 Å². The molecule has 0 spiro atoms. The second kappa shape index (κ2) is 5.53. The van der Waals surface area contributed by atoms with E-state index in [0.717, 1.165) is 30.2 Å². The second-order valence-corrected chi connectivity index (χ2v) is 5.94. The fourth-order valence-corrected chi connectivity index (χ4v) is 3.28. The van der Waals surface area contributed by atoms with Crippen molar-refractivity contribution in [2.24, 2.45) is 0 Å². The minimum Gasteiger partial charge on any atom is -0.360 e. The zero-order valence-corrected chi connectivity index (χ0v) is 13.0. The van der Waals surface area contributed by atoms with E-state index in [2.05, 4.69) is 15.1 Å². The molecule has 1 fully saturated rings. The molecule has 1 atom stereocenters. The third-order valence-corrected chi connectivity index (χ3v) is 4.41. The molecule has 1 aliphatic rings. The monoisotopic (exact) mass is 310 g/mol. The molecule has 1 aliphatic heterocycles. The Morgan fingerprint density at radius 2 is 2.22 bits per heavy atom. The van der Waals surface area contributed by atoms with Crippen LogP contribution in [-0.2, 0) is 0 Å². The highest BCUT2D eigenvalue weighted by Gasteiger charge is 2.33. The number of aromatic amines is 1. The number of hydrogen-bond acceptors (Lipinski definition) is 4. The van der Waals surface area contributed by atoms with Gasteiger partial charge in [0.25, 0.3) is 5.91 Å². The number of H-pyrrole nitrogens is 1. The van der Waals surface area contributed by atoms with Crippen LogP contribution in [0.25, 0.3) is 10.9 Å². The van der Waals surface area contributed by atoms with Gasteiger partial charge in [0.2, 0.25) is 5.89 Å². The van der Waals surface area contributed by atoms with Crippen LogP contribution in [0.15, 0.2) is 35.0 Å². The van der Waals surface area contributed by atoms with Gasteiger partial charge in [-0.15, -0.1) is 0 Å². The Labute approximate surface area is 133 Å². The maximum Gasteiger partial charge on any atom is 0.256 e. The van der Waals surface area contributed by atoms with Gasteiger partial charge in [-0.3, -0.25) is 4.79 Å². The topological polar surface area (TPSA) is 75.0 Å². The van der Waals surface area contributed by atoms with Gasteiger partial charge in [0, 0.05) is 23.6 Å². The Balaban J connectivity index is 1.70. The molecule has 1 amide bonds. The quantitative estimate of drug-likeness (QED) is 0.788. The first-order chi connectivity index (χ1) is 11.2. The van der Waals surface area contributed by atoms with Gasteiger partial charge in [0.15, 0.2) is 5.82 Å². The van der Waals surface area contributed by atoms with Crippen molar-refractivity contribution in [2.75, 3.05) is 6.54 Å². The number of nitrogens with zero attached hydrogens (tertiary/aromatic N) is 3. The minimum atomic E-state index is -0.133. The first-order valence-corrected chi connectivity index (χ1v) is 7.91. The molecule has 3 heterocycles. The Morgan fingerprint density at radius 3 is 3.04 bits per heavy atom. The molecule has 6 heteroatoms. The van der Waals surface area contributed by atoms with E-state index >= 15 is 0 Å². The van der Waals surface area contributed by atoms with Crippen molar-refractivity contribution in [3.63, 3.8) is 0 Å². The third-order valence-electron chi connectivity index (χ3n) is 4.41. The molecule has 23 heavy (non-hydrogen) atoms. The van der Waals surface area contributed by atoms with Crippen LogP contribution in [0.3, 0.4) is 0 Å². The standard InChI is InChI=1S/C17H18N4O2/c1-11-19-16(23-20-11)15-8-4-5-9-21(15)17(22)13-10-18-14-7-3-2-6-12(13)14/h2-3,6-7,10,15,18H,4-5,8-9H2,1H3/t15-/m1/s1. The second-order valence-electron chi connectivity index (χ2n) is 5.94. The SMILES string of the molecule is Cc1noc([C@H]2CCCCN2C(=O)c2c[nH]c3ccccc23)n1. The fourth-order valence-electron chi connectivity index (χ4n) is 3.28. The minimum absolute atomic E-state index is 0.0167. The van der Waals surface area contributed by atoms with Crippen LogP contribution in [-0.4, -0.2) is 32.5 Å². The van der Waals surface area contributed by atoms with Crippen molar-refractivity contribution in [3.05, 3.63) is 47.7 Å². The van der Waals surface area contributed by atoms with Crippen molar-refractivity contribution in [1.82, 2.24) is 20.0 Å². The highest BCUT2D eigenvalue weighted by molar-refractivity contribution is 6.06. The summed E-state index contributed by atoms with van der Waals surface area (Å²) in [5, 5.41) is 4.82. The number of aryl methyl sites for hydroxylation is 1. The Bertz CT molecular complexity index is 851. The molecular formula is C17H18N4O2. The number of fused-ring (bicyclic) bond motifs is 1. The number of nitrogens with one attached hydrogen (secondary N) is 1. The molecule has 0 aliphatic carbocycles. The summed E-state index contributed by atoms with van der Waals surface area (Å²) in [6.45, 7) is 2.51. The number of benzene rings is 1. The highest BCUT2D eigenvalue weighted by atomic mass is 16.5. The van der Waals surface area contributed by atoms with E-state index in [-0.39, 0.29) is 11.9 Å². The number of amides is 1. The van der Waals surface area contributed by atoms with Crippen molar-refractivity contribution in [2.45, 2.75) is 32.2 Å². The van der Waals surface area contributed by atoms with Crippen LogP contribution in [0.4, 0.5) is 0 Å². The van der Waals surface area contributed by atoms with E-state index in [9.17, 15) is 4.79 Å². The first kappa shape index (κ1) is 14.0. The number of likely N-dealkylation sites (tertiary alicyclic amines) is 1. The van der Waals surface area contributed by atoms with Crippen LogP contribution in [0.5, 0.6) is 0 Å². The molecule has 1 N–H and O–H groups in total. The molecule has 0 bridgehead atoms. The lowest BCUT2D eigenvalue weighted by Crippen LogP contribution is -2.38. The fraction of sp³-hybridized carbons (Fsp3) is 0.353. The molecule has 3 aromatic rings. The Kier molecular flexibility index (Phi) is 3.37. The molecule has 1 saturated heterocycles. The molecule has 0 radical (unpaired) electrons. The van der Waals surface area contributed by atoms with Gasteiger partial charge in [-0.05, 0) is 32.3 Å². The first-order valence-electron chi connectivity index (χ1n) is 7.91. The normalized spacial score (nSPS) is 18.5. The third kappa shape index (κ3) is 2.40. The number of para-hydroxylation sites is 1. The van der Waals surface area contributed by atoms with Crippen LogP contribution < -0.4 is 0 Å². The molecule has 4 rings (SSSR count). The molecule has 1 aromatic carbocycles. The summed E-state index contributed by atoms with van der Waals surface area (Å²) < 4.78 is 5.33. The summed E-state index contributed by atoms with van der Waals surface area (Å²) in [6, 6.07) is 7.71. The van der Waals surface area contributed by atoms with E-state index in [1.807, 2.05) is 29.2 Å². The van der Waals surface area contributed by atoms with E-state index in [0.29, 0.717) is 23.8 Å². The zero-order valence-electron chi connectivity index (χ0n) is 13.0. The van der Waals surface area contributed by atoms with Crippen LogP contribution in [0, 0.1) is 6.92 Å². The van der Waals surface area contributed by atoms with Crippen molar-refractivity contribution in [1.29, 1.82) is 0 Å². The van der Waals surface area contributed by atoms with E-state index in [4.69, 9.17) is 4.52 Å². The van der Waals surface area contributed by atoms with Gasteiger partial charge in [0.1, 0.15) is 6.04 Å². The van der Waals surface area contributed by atoms with Gasteiger partial charge in [-0.2, -0.15) is 4.98 Å². The number of aromatic nitrogens is 3. The predicted molar refractivity (Wildman–Crippen MR) is 85.0 cm³/mol. The lowest BCUT2D eigenvalue weighted by Gasteiger charge is -2.33. The average Bonchev–Trinajstić information content (AvgIpc) is 3.20. The van der Waals surface area contributed by atoms with E-state index in [1.165, 1.54) is 0 Å². The number of hydrogen-bond donors (Lipinski definition) is 1. The lowest BCUT2D eigenvalue weighted by atomic mass is 10.0. The molecule has 2 aromatic heterocycles. The van der Waals surface area contributed by atoms with Gasteiger partial charge in [-0.1, -0.05) is 23.4 Å². The van der Waals surface area contributed by atoms with Gasteiger partial charge in [-0.25, -0.2) is 0 Å². The average molecular weight is 310 g/mol. The van der Waals surface area contributed by atoms with Crippen LogP contribution >= 0.6 is 0 Å². The number of rotatable bonds is 2. The number of piperidine rings is 1. The highest BCUT2D eigenvalue weighted by Crippen LogP contribution is 2.32. The molecule has 0 unspecified atom stereocenters. The number of carbonyl (C=O) groups excluding carboxylic acids is 1. The van der Waals surface area contributed by atoms with E-state index < -0.39 is 0 Å². The Morgan fingerprint density at radius 1 is 1.35 bits per heavy atom. The summed E-state index contributed by atoms with van der Waals surface area (Å²) >= 11 is 0. The largest absolute Gasteiger partial charge is 0.360 e. The summed E-state index contributed by atoms with van der Waals surface area (Å²) in [5.41, 5.74) is 1.67. The van der Waals surface area contributed by atoms with Gasteiger partial charge in [0.05, 0.1) is 5.56 Å². The summed E-state index contributed by atoms with van der Waals surface area (Å²) in [7, 11) is 0. The molecule has 118 valence electrons. The molecule has 0 saturated carbocycles. The lowest BCUT2D eigenvalue weighted by molar-refractivity contribution is 0.0563. The summed E-state index contributed by atoms with van der Waals surface area (Å²) in [6.07, 6.45) is 4.70. The maximum atomic E-state index is 13.1. The summed E-state index contributed by atoms with van der Waals surface area (Å²) in [5.74, 6) is 1.16. The van der Waals surface area contributed by atoms with Gasteiger partial charge >= 0.3 is 0 Å². The molecule has 6 nitrogen and oxygen atoms in total. The van der Waals surface area contributed by atoms with Crippen molar-refractivity contribution in [3.8, 4) is 0 Å². The molecular weight excluding hydrogens is 292 g/mol. The summed E-state index contributed by atoms with van der Waals surface area (Å²) in [4.78, 5) is 22.4. The zero-order chi connectivity index (χ0) is 15.8. The van der Waals surface area contributed by atoms with Crippen LogP contribution in [0.2, 0.25) is 0 Å². The predicted octanol–water partition coefficient (Wildman–Crippen LogP) is 3.23. The van der Waals surface area contributed by atoms with Crippen molar-refractivity contribution >= 4 is 16.8 Å². The smallest absolute Gasteiger partial charge is 0.256 e.